The van der Waals surface area contributed by atoms with Gasteiger partial charge in [0.1, 0.15) is 10.8 Å². The number of rotatable bonds is 6. The van der Waals surface area contributed by atoms with Gasteiger partial charge in [-0.25, -0.2) is 0 Å². The van der Waals surface area contributed by atoms with Crippen LogP contribution in [0.4, 0.5) is 0 Å². The van der Waals surface area contributed by atoms with Crippen LogP contribution in [0.15, 0.2) is 30.3 Å². The number of hydrogen-bond acceptors (Lipinski definition) is 2. The van der Waals surface area contributed by atoms with Gasteiger partial charge in [-0.3, -0.25) is 4.79 Å². The molecule has 2 rings (SSSR count). The molecule has 0 aliphatic rings. The summed E-state index contributed by atoms with van der Waals surface area (Å²) in [5.41, 5.74) is 2.42. The number of amides is 1. The number of hydrogen-bond donors (Lipinski definition) is 2. The van der Waals surface area contributed by atoms with Crippen LogP contribution in [0, 0.1) is 0 Å². The molecular weight excluding hydrogens is 323 g/mol. The van der Waals surface area contributed by atoms with Gasteiger partial charge < -0.3 is 15.0 Å². The number of carbonyl (C=O) groups excluding carboxylic acids is 1. The standard InChI is InChI=1S/C16H18Cl2N2O2/c1-10(2)22-9-12-5-3-4-11(6-12)8-19-16(21)14-7-13(17)15(18)20-14/h3-7,10,20H,8-9H2,1-2H3,(H,19,21). The molecule has 0 saturated heterocycles. The van der Waals surface area contributed by atoms with E-state index in [0.29, 0.717) is 23.9 Å². The third kappa shape index (κ3) is 4.77. The molecule has 0 atom stereocenters. The molecule has 4 nitrogen and oxygen atoms in total. The average molecular weight is 341 g/mol. The van der Waals surface area contributed by atoms with Crippen LogP contribution in [-0.4, -0.2) is 17.0 Å². The van der Waals surface area contributed by atoms with E-state index in [1.807, 2.05) is 38.1 Å². The fraction of sp³-hybridized carbons (Fsp3) is 0.312. The summed E-state index contributed by atoms with van der Waals surface area (Å²) in [5.74, 6) is -0.252. The fourth-order valence-electron chi connectivity index (χ4n) is 1.90. The minimum atomic E-state index is -0.252. The van der Waals surface area contributed by atoms with Crippen molar-refractivity contribution in [2.24, 2.45) is 0 Å². The van der Waals surface area contributed by atoms with E-state index in [4.69, 9.17) is 27.9 Å². The molecule has 6 heteroatoms. The van der Waals surface area contributed by atoms with E-state index in [0.717, 1.165) is 11.1 Å². The molecule has 2 N–H and O–H groups in total. The third-order valence-electron chi connectivity index (χ3n) is 3.00. The van der Waals surface area contributed by atoms with Crippen molar-refractivity contribution >= 4 is 29.1 Å². The van der Waals surface area contributed by atoms with Crippen LogP contribution in [0.5, 0.6) is 0 Å². The summed E-state index contributed by atoms with van der Waals surface area (Å²) in [7, 11) is 0. The summed E-state index contributed by atoms with van der Waals surface area (Å²) in [6.45, 7) is 4.97. The Kier molecular flexibility index (Phi) is 5.89. The van der Waals surface area contributed by atoms with Crippen molar-refractivity contribution < 1.29 is 9.53 Å². The third-order valence-corrected chi connectivity index (χ3v) is 3.69. The van der Waals surface area contributed by atoms with Crippen LogP contribution >= 0.6 is 23.2 Å². The van der Waals surface area contributed by atoms with Crippen molar-refractivity contribution in [1.82, 2.24) is 10.3 Å². The molecule has 0 fully saturated rings. The van der Waals surface area contributed by atoms with Crippen molar-refractivity contribution in [1.29, 1.82) is 0 Å². The van der Waals surface area contributed by atoms with Gasteiger partial charge in [0.25, 0.3) is 5.91 Å². The maximum Gasteiger partial charge on any atom is 0.268 e. The van der Waals surface area contributed by atoms with Gasteiger partial charge in [0, 0.05) is 6.54 Å². The van der Waals surface area contributed by atoms with Crippen LogP contribution in [0.25, 0.3) is 0 Å². The molecule has 1 heterocycles. The molecule has 0 spiro atoms. The van der Waals surface area contributed by atoms with Crippen LogP contribution in [0.1, 0.15) is 35.5 Å². The zero-order valence-electron chi connectivity index (χ0n) is 12.5. The van der Waals surface area contributed by atoms with E-state index in [-0.39, 0.29) is 17.2 Å². The highest BCUT2D eigenvalue weighted by Crippen LogP contribution is 2.21. The number of nitrogens with one attached hydrogen (secondary N) is 2. The van der Waals surface area contributed by atoms with Crippen molar-refractivity contribution in [3.05, 3.63) is 57.3 Å². The van der Waals surface area contributed by atoms with Gasteiger partial charge >= 0.3 is 0 Å². The van der Waals surface area contributed by atoms with E-state index < -0.39 is 0 Å². The Hall–Kier alpha value is -1.49. The fourth-order valence-corrected chi connectivity index (χ4v) is 2.21. The number of halogens is 2. The Bertz CT molecular complexity index is 634. The summed E-state index contributed by atoms with van der Waals surface area (Å²) in [6, 6.07) is 9.42. The van der Waals surface area contributed by atoms with E-state index in [9.17, 15) is 4.79 Å². The Morgan fingerprint density at radius 2 is 2.00 bits per heavy atom. The zero-order valence-corrected chi connectivity index (χ0v) is 14.0. The van der Waals surface area contributed by atoms with Gasteiger partial charge in [-0.05, 0) is 31.0 Å². The van der Waals surface area contributed by atoms with Crippen molar-refractivity contribution in [3.8, 4) is 0 Å². The van der Waals surface area contributed by atoms with Gasteiger partial charge in [-0.1, -0.05) is 47.5 Å². The number of aromatic nitrogens is 1. The Morgan fingerprint density at radius 1 is 1.27 bits per heavy atom. The topological polar surface area (TPSA) is 54.1 Å². The monoisotopic (exact) mass is 340 g/mol. The largest absolute Gasteiger partial charge is 0.374 e. The van der Waals surface area contributed by atoms with Crippen LogP contribution in [0.3, 0.4) is 0 Å². The summed E-state index contributed by atoms with van der Waals surface area (Å²) in [5, 5.41) is 3.42. The molecule has 0 saturated carbocycles. The molecule has 118 valence electrons. The summed E-state index contributed by atoms with van der Waals surface area (Å²) < 4.78 is 5.57. The minimum absolute atomic E-state index is 0.186. The number of aromatic amines is 1. The lowest BCUT2D eigenvalue weighted by Gasteiger charge is -2.09. The number of H-pyrrole nitrogens is 1. The lowest BCUT2D eigenvalue weighted by atomic mass is 10.1. The van der Waals surface area contributed by atoms with Gasteiger partial charge in [0.2, 0.25) is 0 Å². The van der Waals surface area contributed by atoms with Crippen LogP contribution in [0.2, 0.25) is 10.2 Å². The first kappa shape index (κ1) is 16.9. The molecule has 1 aromatic heterocycles. The Morgan fingerprint density at radius 3 is 2.64 bits per heavy atom. The highest BCUT2D eigenvalue weighted by atomic mass is 35.5. The van der Waals surface area contributed by atoms with Gasteiger partial charge in [0.05, 0.1) is 17.7 Å². The van der Waals surface area contributed by atoms with Crippen molar-refractivity contribution in [2.75, 3.05) is 0 Å². The second-order valence-corrected chi connectivity index (χ2v) is 5.99. The SMILES string of the molecule is CC(C)OCc1cccc(CNC(=O)c2cc(Cl)c(Cl)[nH]2)c1. The number of carbonyl (C=O) groups is 1. The first-order valence-corrected chi connectivity index (χ1v) is 7.73. The minimum Gasteiger partial charge on any atom is -0.374 e. The van der Waals surface area contributed by atoms with Gasteiger partial charge in [-0.15, -0.1) is 0 Å². The quantitative estimate of drug-likeness (QED) is 0.828. The molecule has 1 aromatic carbocycles. The van der Waals surface area contributed by atoms with E-state index >= 15 is 0 Å². The van der Waals surface area contributed by atoms with Crippen LogP contribution < -0.4 is 5.32 Å². The first-order chi connectivity index (χ1) is 10.5. The average Bonchev–Trinajstić information content (AvgIpc) is 2.83. The molecule has 0 unspecified atom stereocenters. The number of ether oxygens (including phenoxy) is 1. The van der Waals surface area contributed by atoms with Gasteiger partial charge in [0.15, 0.2) is 0 Å². The molecule has 0 aliphatic carbocycles. The van der Waals surface area contributed by atoms with E-state index in [1.165, 1.54) is 6.07 Å². The molecule has 1 amide bonds. The summed E-state index contributed by atoms with van der Waals surface area (Å²) in [6.07, 6.45) is 0.186. The van der Waals surface area contributed by atoms with Crippen molar-refractivity contribution in [3.63, 3.8) is 0 Å². The lowest BCUT2D eigenvalue weighted by Crippen LogP contribution is -2.23. The molecule has 22 heavy (non-hydrogen) atoms. The van der Waals surface area contributed by atoms with Gasteiger partial charge in [-0.2, -0.15) is 0 Å². The second kappa shape index (κ2) is 7.68. The second-order valence-electron chi connectivity index (χ2n) is 5.21. The first-order valence-electron chi connectivity index (χ1n) is 6.97. The maximum atomic E-state index is 12.0. The molecule has 0 bridgehead atoms. The highest BCUT2D eigenvalue weighted by molar-refractivity contribution is 6.41. The number of benzene rings is 1. The predicted octanol–water partition coefficient (Wildman–Crippen LogP) is 4.18. The Labute approximate surface area is 139 Å². The molecule has 2 aromatic rings. The predicted molar refractivity (Wildman–Crippen MR) is 88.3 cm³/mol. The van der Waals surface area contributed by atoms with Crippen LogP contribution in [-0.2, 0) is 17.9 Å². The normalized spacial score (nSPS) is 11.0. The lowest BCUT2D eigenvalue weighted by molar-refractivity contribution is 0.0657. The highest BCUT2D eigenvalue weighted by Gasteiger charge is 2.11. The van der Waals surface area contributed by atoms with Crippen molar-refractivity contribution in [2.45, 2.75) is 33.1 Å². The van der Waals surface area contributed by atoms with E-state index in [2.05, 4.69) is 10.3 Å². The van der Waals surface area contributed by atoms with E-state index in [1.54, 1.807) is 0 Å². The smallest absolute Gasteiger partial charge is 0.268 e. The molecular formula is C16H18Cl2N2O2. The summed E-state index contributed by atoms with van der Waals surface area (Å²) in [4.78, 5) is 14.7. The maximum absolute atomic E-state index is 12.0. The summed E-state index contributed by atoms with van der Waals surface area (Å²) >= 11 is 11.6. The zero-order chi connectivity index (χ0) is 16.1. The molecule has 0 radical (unpaired) electrons. The Balaban J connectivity index is 1.93. The molecule has 0 aliphatic heterocycles.